The van der Waals surface area contributed by atoms with E-state index >= 15 is 0 Å². The molecule has 1 N–H and O–H groups in total. The van der Waals surface area contributed by atoms with Crippen molar-refractivity contribution in [3.8, 4) is 5.75 Å². The molecule has 2 rings (SSSR count). The van der Waals surface area contributed by atoms with Gasteiger partial charge in [0, 0.05) is 11.3 Å². The van der Waals surface area contributed by atoms with Gasteiger partial charge in [0.05, 0.1) is 18.9 Å². The smallest absolute Gasteiger partial charge is 0.338 e. The summed E-state index contributed by atoms with van der Waals surface area (Å²) in [5.41, 5.74) is 0.797. The van der Waals surface area contributed by atoms with Crippen LogP contribution >= 0.6 is 0 Å². The van der Waals surface area contributed by atoms with Crippen molar-refractivity contribution in [3.05, 3.63) is 59.4 Å². The number of carbonyl (C=O) groups excluding carboxylic acids is 1. The number of anilines is 1. The zero-order valence-electron chi connectivity index (χ0n) is 13.1. The van der Waals surface area contributed by atoms with E-state index in [1.165, 1.54) is 49.6 Å². The average molecular weight is 353 g/mol. The molecular formula is C16H16FNO5S. The van der Waals surface area contributed by atoms with Crippen LogP contribution in [0, 0.1) is 5.82 Å². The van der Waals surface area contributed by atoms with Crippen molar-refractivity contribution in [2.45, 2.75) is 6.61 Å². The maximum Gasteiger partial charge on any atom is 0.338 e. The SMILES string of the molecule is COc1ccc(F)cc1COC(=O)c1cccc(NS(C)(=O)=O)c1. The molecule has 8 heteroatoms. The number of methoxy groups -OCH3 is 1. The third-order valence-corrected chi connectivity index (χ3v) is 3.61. The number of carbonyl (C=O) groups is 1. The van der Waals surface area contributed by atoms with Crippen molar-refractivity contribution in [3.63, 3.8) is 0 Å². The van der Waals surface area contributed by atoms with E-state index in [-0.39, 0.29) is 17.9 Å². The summed E-state index contributed by atoms with van der Waals surface area (Å²) in [6, 6.07) is 9.76. The first-order valence-electron chi connectivity index (χ1n) is 6.86. The lowest BCUT2D eigenvalue weighted by Crippen LogP contribution is -2.11. The average Bonchev–Trinajstić information content (AvgIpc) is 2.51. The van der Waals surface area contributed by atoms with E-state index < -0.39 is 21.8 Å². The molecule has 0 spiro atoms. The Morgan fingerprint density at radius 3 is 2.62 bits per heavy atom. The molecule has 0 radical (unpaired) electrons. The van der Waals surface area contributed by atoms with Gasteiger partial charge in [0.25, 0.3) is 0 Å². The van der Waals surface area contributed by atoms with E-state index in [2.05, 4.69) is 4.72 Å². The van der Waals surface area contributed by atoms with E-state index in [0.717, 1.165) is 6.26 Å². The summed E-state index contributed by atoms with van der Waals surface area (Å²) in [7, 11) is -2.02. The first kappa shape index (κ1) is 17.7. The van der Waals surface area contributed by atoms with Crippen molar-refractivity contribution in [2.75, 3.05) is 18.1 Å². The predicted octanol–water partition coefficient (Wildman–Crippen LogP) is 2.56. The molecule has 0 amide bonds. The molecule has 128 valence electrons. The van der Waals surface area contributed by atoms with Gasteiger partial charge in [-0.05, 0) is 36.4 Å². The molecule has 2 aromatic carbocycles. The summed E-state index contributed by atoms with van der Waals surface area (Å²) in [6.45, 7) is -0.177. The van der Waals surface area contributed by atoms with Gasteiger partial charge in [-0.3, -0.25) is 4.72 Å². The summed E-state index contributed by atoms with van der Waals surface area (Å²) < 4.78 is 48.2. The third kappa shape index (κ3) is 4.95. The van der Waals surface area contributed by atoms with Crippen LogP contribution in [0.3, 0.4) is 0 Å². The van der Waals surface area contributed by atoms with Gasteiger partial charge in [-0.25, -0.2) is 17.6 Å². The van der Waals surface area contributed by atoms with E-state index in [9.17, 15) is 17.6 Å². The molecule has 0 atom stereocenters. The summed E-state index contributed by atoms with van der Waals surface area (Å²) in [5, 5.41) is 0. The van der Waals surface area contributed by atoms with Gasteiger partial charge < -0.3 is 9.47 Å². The zero-order valence-corrected chi connectivity index (χ0v) is 13.9. The molecule has 0 aliphatic heterocycles. The number of sulfonamides is 1. The molecule has 0 saturated carbocycles. The lowest BCUT2D eigenvalue weighted by atomic mass is 10.2. The number of rotatable bonds is 6. The van der Waals surface area contributed by atoms with Crippen LogP contribution in [-0.4, -0.2) is 27.8 Å². The molecule has 0 aliphatic carbocycles. The molecule has 0 saturated heterocycles. The second-order valence-electron chi connectivity index (χ2n) is 4.99. The zero-order chi connectivity index (χ0) is 17.7. The molecule has 0 unspecified atom stereocenters. The Balaban J connectivity index is 2.11. The Bertz CT molecular complexity index is 851. The van der Waals surface area contributed by atoms with Gasteiger partial charge in [-0.1, -0.05) is 6.07 Å². The summed E-state index contributed by atoms with van der Waals surface area (Å²) >= 11 is 0. The first-order chi connectivity index (χ1) is 11.3. The Morgan fingerprint density at radius 1 is 1.21 bits per heavy atom. The lowest BCUT2D eigenvalue weighted by Gasteiger charge is -2.10. The normalized spacial score (nSPS) is 11.0. The molecule has 0 aliphatic rings. The minimum absolute atomic E-state index is 0.166. The number of hydrogen-bond acceptors (Lipinski definition) is 5. The Kier molecular flexibility index (Phi) is 5.40. The van der Waals surface area contributed by atoms with Crippen LogP contribution < -0.4 is 9.46 Å². The fourth-order valence-corrected chi connectivity index (χ4v) is 2.57. The first-order valence-corrected chi connectivity index (χ1v) is 8.75. The fourth-order valence-electron chi connectivity index (χ4n) is 2.01. The predicted molar refractivity (Wildman–Crippen MR) is 87.0 cm³/mol. The number of benzene rings is 2. The van der Waals surface area contributed by atoms with Crippen LogP contribution in [0.25, 0.3) is 0 Å². The molecule has 2 aromatic rings. The van der Waals surface area contributed by atoms with E-state index in [1.54, 1.807) is 0 Å². The van der Waals surface area contributed by atoms with Crippen LogP contribution in [0.4, 0.5) is 10.1 Å². The maximum atomic E-state index is 13.3. The largest absolute Gasteiger partial charge is 0.496 e. The van der Waals surface area contributed by atoms with Crippen LogP contribution in [0.15, 0.2) is 42.5 Å². The third-order valence-electron chi connectivity index (χ3n) is 3.00. The molecular weight excluding hydrogens is 337 g/mol. The lowest BCUT2D eigenvalue weighted by molar-refractivity contribution is 0.0469. The second-order valence-corrected chi connectivity index (χ2v) is 6.74. The van der Waals surface area contributed by atoms with Crippen LogP contribution in [0.1, 0.15) is 15.9 Å². The standard InChI is InChI=1S/C16H16FNO5S/c1-22-15-7-6-13(17)8-12(15)10-23-16(19)11-4-3-5-14(9-11)18-24(2,20)21/h3-9,18H,10H2,1-2H3. The highest BCUT2D eigenvalue weighted by Crippen LogP contribution is 2.21. The minimum atomic E-state index is -3.45. The second kappa shape index (κ2) is 7.31. The van der Waals surface area contributed by atoms with E-state index in [1.807, 2.05) is 0 Å². The molecule has 0 bridgehead atoms. The van der Waals surface area contributed by atoms with Gasteiger partial charge in [0.15, 0.2) is 0 Å². The van der Waals surface area contributed by atoms with Gasteiger partial charge in [0.1, 0.15) is 18.2 Å². The molecule has 24 heavy (non-hydrogen) atoms. The molecule has 0 fully saturated rings. The Morgan fingerprint density at radius 2 is 1.96 bits per heavy atom. The molecule has 6 nitrogen and oxygen atoms in total. The van der Waals surface area contributed by atoms with Crippen molar-refractivity contribution in [1.29, 1.82) is 0 Å². The topological polar surface area (TPSA) is 81.7 Å². The highest BCUT2D eigenvalue weighted by atomic mass is 32.2. The number of ether oxygens (including phenoxy) is 2. The summed E-state index contributed by atoms with van der Waals surface area (Å²) in [5.74, 6) is -0.739. The van der Waals surface area contributed by atoms with Crippen molar-refractivity contribution >= 4 is 21.7 Å². The van der Waals surface area contributed by atoms with Gasteiger partial charge in [-0.2, -0.15) is 0 Å². The summed E-state index contributed by atoms with van der Waals surface area (Å²) in [4.78, 5) is 12.1. The Hall–Kier alpha value is -2.61. The quantitative estimate of drug-likeness (QED) is 0.807. The van der Waals surface area contributed by atoms with Crippen molar-refractivity contribution < 1.29 is 27.1 Å². The van der Waals surface area contributed by atoms with Gasteiger partial charge >= 0.3 is 5.97 Å². The maximum absolute atomic E-state index is 13.3. The monoisotopic (exact) mass is 353 g/mol. The minimum Gasteiger partial charge on any atom is -0.496 e. The van der Waals surface area contributed by atoms with E-state index in [0.29, 0.717) is 11.3 Å². The van der Waals surface area contributed by atoms with Gasteiger partial charge in [-0.15, -0.1) is 0 Å². The number of halogens is 1. The highest BCUT2D eigenvalue weighted by Gasteiger charge is 2.12. The van der Waals surface area contributed by atoms with Crippen LogP contribution in [0.2, 0.25) is 0 Å². The number of nitrogens with one attached hydrogen (secondary N) is 1. The Labute approximate surface area is 139 Å². The van der Waals surface area contributed by atoms with Crippen LogP contribution in [0.5, 0.6) is 5.75 Å². The van der Waals surface area contributed by atoms with Crippen molar-refractivity contribution in [1.82, 2.24) is 0 Å². The summed E-state index contributed by atoms with van der Waals surface area (Å²) in [6.07, 6.45) is 1.01. The van der Waals surface area contributed by atoms with Crippen molar-refractivity contribution in [2.24, 2.45) is 0 Å². The number of hydrogen-bond donors (Lipinski definition) is 1. The highest BCUT2D eigenvalue weighted by molar-refractivity contribution is 7.92. The molecule has 0 heterocycles. The molecule has 0 aromatic heterocycles. The number of esters is 1. The van der Waals surface area contributed by atoms with Crippen LogP contribution in [-0.2, 0) is 21.4 Å². The fraction of sp³-hybridized carbons (Fsp3) is 0.188. The van der Waals surface area contributed by atoms with E-state index in [4.69, 9.17) is 9.47 Å². The van der Waals surface area contributed by atoms with Gasteiger partial charge in [0.2, 0.25) is 10.0 Å².